The van der Waals surface area contributed by atoms with Crippen molar-refractivity contribution < 1.29 is 4.74 Å². The van der Waals surface area contributed by atoms with Crippen LogP contribution >= 0.6 is 0 Å². The zero-order chi connectivity index (χ0) is 10.8. The summed E-state index contributed by atoms with van der Waals surface area (Å²) in [6.07, 6.45) is 1.62. The van der Waals surface area contributed by atoms with Crippen LogP contribution in [-0.2, 0) is 0 Å². The Bertz CT molecular complexity index is 330. The van der Waals surface area contributed by atoms with E-state index in [2.05, 4.69) is 0 Å². The van der Waals surface area contributed by atoms with E-state index >= 15 is 0 Å². The van der Waals surface area contributed by atoms with E-state index in [9.17, 15) is 5.21 Å². The Morgan fingerprint density at radius 1 is 1.14 bits per heavy atom. The van der Waals surface area contributed by atoms with Gasteiger partial charge in [0.05, 0.1) is 0 Å². The van der Waals surface area contributed by atoms with Gasteiger partial charge in [-0.3, -0.25) is 0 Å². The van der Waals surface area contributed by atoms with Crippen molar-refractivity contribution in [2.75, 3.05) is 0 Å². The molecule has 0 radical (unpaired) electrons. The Hall–Kier alpha value is -1.31. The Balaban J connectivity index is 2.93. The maximum absolute atomic E-state index is 11.6. The van der Waals surface area contributed by atoms with Crippen LogP contribution in [0.5, 0.6) is 0 Å². The molecule has 76 valence electrons. The molecule has 0 spiro atoms. The molecule has 0 saturated carbocycles. The van der Waals surface area contributed by atoms with E-state index in [0.717, 1.165) is 10.3 Å². The van der Waals surface area contributed by atoms with Gasteiger partial charge in [0.25, 0.3) is 0 Å². The number of hydroxylamine groups is 1. The van der Waals surface area contributed by atoms with Crippen molar-refractivity contribution in [1.82, 2.24) is 0 Å². The molecule has 1 rings (SSSR count). The molecule has 0 aliphatic rings. The quantitative estimate of drug-likeness (QED) is 0.290. The maximum Gasteiger partial charge on any atom is 0.182 e. The first-order chi connectivity index (χ1) is 6.39. The van der Waals surface area contributed by atoms with Gasteiger partial charge in [-0.15, -0.1) is 0 Å². The average molecular weight is 191 g/mol. The number of aryl methyl sites for hydroxylation is 1. The van der Waals surface area contributed by atoms with E-state index in [4.69, 9.17) is 0 Å². The zero-order valence-corrected chi connectivity index (χ0v) is 9.24. The second-order valence-corrected chi connectivity index (χ2v) is 4.54. The summed E-state index contributed by atoms with van der Waals surface area (Å²) >= 11 is 0. The minimum Gasteiger partial charge on any atom is -0.623 e. The molecule has 14 heavy (non-hydrogen) atoms. The fraction of sp³-hybridized carbons (Fsp3) is 0.417. The van der Waals surface area contributed by atoms with E-state index < -0.39 is 0 Å². The summed E-state index contributed by atoms with van der Waals surface area (Å²) in [6.45, 7) is 7.71. The molecule has 0 unspecified atom stereocenters. The Morgan fingerprint density at radius 2 is 1.64 bits per heavy atom. The predicted octanol–water partition coefficient (Wildman–Crippen LogP) is 2.72. The van der Waals surface area contributed by atoms with Gasteiger partial charge in [-0.25, -0.2) is 4.74 Å². The van der Waals surface area contributed by atoms with Crippen LogP contribution in [-0.4, -0.2) is 16.5 Å². The molecule has 0 amide bonds. The third kappa shape index (κ3) is 2.87. The first-order valence-electron chi connectivity index (χ1n) is 4.77. The fourth-order valence-corrected chi connectivity index (χ4v) is 0.982. The second kappa shape index (κ2) is 3.82. The molecule has 0 N–H and O–H groups in total. The highest BCUT2D eigenvalue weighted by atomic mass is 16.5. The summed E-state index contributed by atoms with van der Waals surface area (Å²) in [5.74, 6) is 0. The molecule has 0 fully saturated rings. The monoisotopic (exact) mass is 191 g/mol. The number of hydrogen-bond acceptors (Lipinski definition) is 1. The largest absolute Gasteiger partial charge is 0.623 e. The molecule has 0 heterocycles. The third-order valence-electron chi connectivity index (χ3n) is 2.00. The van der Waals surface area contributed by atoms with Crippen LogP contribution in [0.4, 0.5) is 0 Å². The van der Waals surface area contributed by atoms with Gasteiger partial charge in [-0.2, -0.15) is 0 Å². The Kier molecular flexibility index (Phi) is 2.94. The minimum atomic E-state index is -0.370. The molecule has 0 aliphatic heterocycles. The highest BCUT2D eigenvalue weighted by Gasteiger charge is 2.17. The van der Waals surface area contributed by atoms with Crippen LogP contribution in [0, 0.1) is 12.1 Å². The van der Waals surface area contributed by atoms with Crippen LogP contribution in [0.3, 0.4) is 0 Å². The second-order valence-electron chi connectivity index (χ2n) is 4.54. The molecule has 0 atom stereocenters. The van der Waals surface area contributed by atoms with Crippen LogP contribution < -0.4 is 0 Å². The normalized spacial score (nSPS) is 13.0. The predicted molar refractivity (Wildman–Crippen MR) is 59.7 cm³/mol. The van der Waals surface area contributed by atoms with Crippen LogP contribution in [0.2, 0.25) is 0 Å². The fourth-order valence-electron chi connectivity index (χ4n) is 0.982. The zero-order valence-electron chi connectivity index (χ0n) is 9.24. The molecule has 2 nitrogen and oxygen atoms in total. The first kappa shape index (κ1) is 10.8. The minimum absolute atomic E-state index is 0.370. The smallest absolute Gasteiger partial charge is 0.182 e. The molecule has 0 saturated heterocycles. The lowest BCUT2D eigenvalue weighted by Crippen LogP contribution is -2.29. The highest BCUT2D eigenvalue weighted by Crippen LogP contribution is 2.06. The molecular weight excluding hydrogens is 174 g/mol. The molecular formula is C12H17NO. The van der Waals surface area contributed by atoms with Crippen molar-refractivity contribution >= 4 is 6.21 Å². The lowest BCUT2D eigenvalue weighted by atomic mass is 10.1. The van der Waals surface area contributed by atoms with Crippen molar-refractivity contribution in [3.8, 4) is 0 Å². The van der Waals surface area contributed by atoms with Gasteiger partial charge >= 0.3 is 0 Å². The molecule has 0 bridgehead atoms. The van der Waals surface area contributed by atoms with Crippen LogP contribution in [0.1, 0.15) is 31.9 Å². The van der Waals surface area contributed by atoms with E-state index in [1.807, 2.05) is 52.0 Å². The van der Waals surface area contributed by atoms with Gasteiger partial charge in [0.15, 0.2) is 11.8 Å². The van der Waals surface area contributed by atoms with Crippen molar-refractivity contribution in [1.29, 1.82) is 0 Å². The summed E-state index contributed by atoms with van der Waals surface area (Å²) in [4.78, 5) is 0. The summed E-state index contributed by atoms with van der Waals surface area (Å²) in [5, 5.41) is 11.6. The standard InChI is InChI=1S/C12H17NO/c1-10-5-7-11(8-6-10)9-13(14)12(2,3)4/h5-9H,1-4H3/b13-9-. The van der Waals surface area contributed by atoms with Crippen molar-refractivity contribution in [2.45, 2.75) is 33.2 Å². The number of hydrogen-bond donors (Lipinski definition) is 0. The van der Waals surface area contributed by atoms with E-state index in [0.29, 0.717) is 0 Å². The topological polar surface area (TPSA) is 26.1 Å². The van der Waals surface area contributed by atoms with Gasteiger partial charge in [0.1, 0.15) is 0 Å². The number of benzene rings is 1. The van der Waals surface area contributed by atoms with Gasteiger partial charge in [-0.05, 0) is 19.1 Å². The number of nitrogens with zero attached hydrogens (tertiary/aromatic N) is 1. The van der Waals surface area contributed by atoms with E-state index in [1.54, 1.807) is 6.21 Å². The number of rotatable bonds is 1. The SMILES string of the molecule is Cc1ccc(/C=[N+](\[O-])C(C)(C)C)cc1. The summed E-state index contributed by atoms with van der Waals surface area (Å²) in [5.41, 5.74) is 1.78. The molecule has 0 aromatic heterocycles. The van der Waals surface area contributed by atoms with Gasteiger partial charge < -0.3 is 5.21 Å². The van der Waals surface area contributed by atoms with Gasteiger partial charge in [0.2, 0.25) is 0 Å². The Morgan fingerprint density at radius 3 is 2.07 bits per heavy atom. The van der Waals surface area contributed by atoms with Crippen molar-refractivity contribution in [2.24, 2.45) is 0 Å². The first-order valence-corrected chi connectivity index (χ1v) is 4.77. The molecule has 0 aliphatic carbocycles. The van der Waals surface area contributed by atoms with Gasteiger partial charge in [-0.1, -0.05) is 17.7 Å². The lowest BCUT2D eigenvalue weighted by Gasteiger charge is -2.18. The summed E-state index contributed by atoms with van der Waals surface area (Å²) in [7, 11) is 0. The van der Waals surface area contributed by atoms with E-state index in [-0.39, 0.29) is 5.54 Å². The Labute approximate surface area is 85.5 Å². The molecule has 2 heteroatoms. The lowest BCUT2D eigenvalue weighted by molar-refractivity contribution is -0.530. The molecule has 1 aromatic rings. The third-order valence-corrected chi connectivity index (χ3v) is 2.00. The van der Waals surface area contributed by atoms with Gasteiger partial charge in [0, 0.05) is 26.3 Å². The van der Waals surface area contributed by atoms with E-state index in [1.165, 1.54) is 5.56 Å². The van der Waals surface area contributed by atoms with Crippen molar-refractivity contribution in [3.05, 3.63) is 40.6 Å². The average Bonchev–Trinajstić information content (AvgIpc) is 2.07. The van der Waals surface area contributed by atoms with Crippen LogP contribution in [0.15, 0.2) is 24.3 Å². The highest BCUT2D eigenvalue weighted by molar-refractivity contribution is 5.75. The molecule has 1 aromatic carbocycles. The maximum atomic E-state index is 11.6. The summed E-state index contributed by atoms with van der Waals surface area (Å²) in [6, 6.07) is 7.91. The van der Waals surface area contributed by atoms with Crippen LogP contribution in [0.25, 0.3) is 0 Å². The van der Waals surface area contributed by atoms with Crippen molar-refractivity contribution in [3.63, 3.8) is 0 Å². The summed E-state index contributed by atoms with van der Waals surface area (Å²) < 4.78 is 0.984.